The molecule has 1 rings (SSSR count). The minimum atomic E-state index is -0.264. The monoisotopic (exact) mass is 281 g/mol. The molecule has 0 aromatic heterocycles. The lowest BCUT2D eigenvalue weighted by molar-refractivity contribution is 0.229. The predicted octanol–water partition coefficient (Wildman–Crippen LogP) is 4.39. The van der Waals surface area contributed by atoms with Gasteiger partial charge in [-0.15, -0.1) is 0 Å². The molecule has 20 heavy (non-hydrogen) atoms. The Morgan fingerprint density at radius 3 is 2.50 bits per heavy atom. The Balaban J connectivity index is 2.67. The lowest BCUT2D eigenvalue weighted by Gasteiger charge is -2.17. The van der Waals surface area contributed by atoms with E-state index in [-0.39, 0.29) is 5.82 Å². The van der Waals surface area contributed by atoms with E-state index in [2.05, 4.69) is 33.0 Å². The molecule has 0 unspecified atom stereocenters. The number of rotatable bonds is 9. The Morgan fingerprint density at radius 2 is 1.90 bits per heavy atom. The molecule has 0 aliphatic rings. The first kappa shape index (κ1) is 17.0. The molecule has 0 fully saturated rings. The van der Waals surface area contributed by atoms with E-state index in [9.17, 15) is 4.39 Å². The summed E-state index contributed by atoms with van der Waals surface area (Å²) in [6.45, 7) is 10.8. The van der Waals surface area contributed by atoms with Crippen molar-refractivity contribution in [2.75, 3.05) is 13.2 Å². The molecule has 1 N–H and O–H groups in total. The molecule has 0 bridgehead atoms. The average molecular weight is 281 g/mol. The Kier molecular flexibility index (Phi) is 7.60. The fourth-order valence-electron chi connectivity index (χ4n) is 2.08. The number of halogens is 1. The molecular weight excluding hydrogens is 253 g/mol. The molecule has 0 heterocycles. The van der Waals surface area contributed by atoms with Crippen molar-refractivity contribution in [2.24, 2.45) is 11.8 Å². The Labute approximate surface area is 122 Å². The van der Waals surface area contributed by atoms with E-state index in [1.807, 2.05) is 6.07 Å². The summed E-state index contributed by atoms with van der Waals surface area (Å²) >= 11 is 0. The highest BCUT2D eigenvalue weighted by atomic mass is 19.1. The molecule has 0 saturated heterocycles. The zero-order valence-electron chi connectivity index (χ0n) is 13.2. The zero-order chi connectivity index (χ0) is 15.0. The lowest BCUT2D eigenvalue weighted by Crippen LogP contribution is -2.20. The molecule has 3 heteroatoms. The van der Waals surface area contributed by atoms with Crippen molar-refractivity contribution < 1.29 is 9.13 Å². The molecule has 0 atom stereocenters. The van der Waals surface area contributed by atoms with Crippen LogP contribution in [-0.2, 0) is 6.54 Å². The number of ether oxygens (including phenoxy) is 1. The topological polar surface area (TPSA) is 21.3 Å². The van der Waals surface area contributed by atoms with Crippen LogP contribution in [0.15, 0.2) is 18.2 Å². The smallest absolute Gasteiger partial charge is 0.165 e. The van der Waals surface area contributed by atoms with Crippen LogP contribution in [0.25, 0.3) is 0 Å². The van der Waals surface area contributed by atoms with E-state index >= 15 is 0 Å². The van der Waals surface area contributed by atoms with Crippen molar-refractivity contribution in [1.82, 2.24) is 5.32 Å². The highest BCUT2D eigenvalue weighted by Gasteiger charge is 2.12. The van der Waals surface area contributed by atoms with Gasteiger partial charge < -0.3 is 10.1 Å². The van der Waals surface area contributed by atoms with Gasteiger partial charge in [-0.05, 0) is 24.4 Å². The molecule has 1 aromatic rings. The molecule has 0 saturated carbocycles. The standard InChI is InChI=1S/C17H28FNO/c1-5-14(6-2)12-20-17-15(8-7-9-16(17)18)11-19-10-13(3)4/h7-9,13-14,19H,5-6,10-12H2,1-4H3. The van der Waals surface area contributed by atoms with Crippen LogP contribution in [0.1, 0.15) is 46.1 Å². The second kappa shape index (κ2) is 8.96. The van der Waals surface area contributed by atoms with Crippen LogP contribution in [0.2, 0.25) is 0 Å². The lowest BCUT2D eigenvalue weighted by atomic mass is 10.1. The molecule has 0 aliphatic carbocycles. The highest BCUT2D eigenvalue weighted by molar-refractivity contribution is 5.34. The van der Waals surface area contributed by atoms with Crippen molar-refractivity contribution >= 4 is 0 Å². The van der Waals surface area contributed by atoms with Crippen LogP contribution < -0.4 is 10.1 Å². The van der Waals surface area contributed by atoms with Crippen LogP contribution in [0.4, 0.5) is 4.39 Å². The molecule has 1 aromatic carbocycles. The predicted molar refractivity (Wildman–Crippen MR) is 82.5 cm³/mol. The number of hydrogen-bond acceptors (Lipinski definition) is 2. The fraction of sp³-hybridized carbons (Fsp3) is 0.647. The summed E-state index contributed by atoms with van der Waals surface area (Å²) in [5.74, 6) is 1.22. The maximum Gasteiger partial charge on any atom is 0.165 e. The zero-order valence-corrected chi connectivity index (χ0v) is 13.2. The summed E-state index contributed by atoms with van der Waals surface area (Å²) in [7, 11) is 0. The van der Waals surface area contributed by atoms with Crippen LogP contribution in [0.5, 0.6) is 5.75 Å². The first-order valence-corrected chi connectivity index (χ1v) is 7.69. The van der Waals surface area contributed by atoms with Crippen LogP contribution in [0, 0.1) is 17.7 Å². The highest BCUT2D eigenvalue weighted by Crippen LogP contribution is 2.24. The SMILES string of the molecule is CCC(CC)COc1c(F)cccc1CNCC(C)C. The van der Waals surface area contributed by atoms with Crippen molar-refractivity contribution in [2.45, 2.75) is 47.1 Å². The quantitative estimate of drug-likeness (QED) is 0.725. The van der Waals surface area contributed by atoms with Gasteiger partial charge in [0.15, 0.2) is 11.6 Å². The molecule has 0 amide bonds. The van der Waals surface area contributed by atoms with Gasteiger partial charge in [-0.1, -0.05) is 52.7 Å². The summed E-state index contributed by atoms with van der Waals surface area (Å²) in [4.78, 5) is 0. The van der Waals surface area contributed by atoms with E-state index in [0.717, 1.165) is 24.9 Å². The Morgan fingerprint density at radius 1 is 1.20 bits per heavy atom. The second-order valence-corrected chi connectivity index (χ2v) is 5.75. The van der Waals surface area contributed by atoms with Gasteiger partial charge in [0, 0.05) is 12.1 Å². The minimum absolute atomic E-state index is 0.264. The van der Waals surface area contributed by atoms with Gasteiger partial charge in [0.05, 0.1) is 6.61 Å². The normalized spacial score (nSPS) is 11.3. The maximum absolute atomic E-state index is 13.9. The van der Waals surface area contributed by atoms with Gasteiger partial charge in [0.2, 0.25) is 0 Å². The van der Waals surface area contributed by atoms with Crippen molar-refractivity contribution in [3.63, 3.8) is 0 Å². The fourth-order valence-corrected chi connectivity index (χ4v) is 2.08. The minimum Gasteiger partial charge on any atom is -0.490 e. The Bertz CT molecular complexity index is 389. The third-order valence-corrected chi connectivity index (χ3v) is 3.53. The van der Waals surface area contributed by atoms with Gasteiger partial charge in [-0.3, -0.25) is 0 Å². The van der Waals surface area contributed by atoms with Crippen molar-refractivity contribution in [1.29, 1.82) is 0 Å². The molecule has 0 spiro atoms. The summed E-state index contributed by atoms with van der Waals surface area (Å²) in [5.41, 5.74) is 0.900. The molecule has 0 radical (unpaired) electrons. The van der Waals surface area contributed by atoms with Gasteiger partial charge in [-0.25, -0.2) is 4.39 Å². The summed E-state index contributed by atoms with van der Waals surface area (Å²) in [6.07, 6.45) is 2.12. The van der Waals surface area contributed by atoms with E-state index < -0.39 is 0 Å². The number of benzene rings is 1. The number of nitrogens with one attached hydrogen (secondary N) is 1. The largest absolute Gasteiger partial charge is 0.490 e. The van der Waals surface area contributed by atoms with E-state index in [1.54, 1.807) is 6.07 Å². The third-order valence-electron chi connectivity index (χ3n) is 3.53. The first-order chi connectivity index (χ1) is 9.58. The summed E-state index contributed by atoms with van der Waals surface area (Å²) in [6, 6.07) is 5.14. The van der Waals surface area contributed by atoms with E-state index in [1.165, 1.54) is 6.07 Å². The molecule has 0 aliphatic heterocycles. The van der Waals surface area contributed by atoms with Crippen LogP contribution in [0.3, 0.4) is 0 Å². The maximum atomic E-state index is 13.9. The van der Waals surface area contributed by atoms with Gasteiger partial charge >= 0.3 is 0 Å². The third kappa shape index (κ3) is 5.49. The number of para-hydroxylation sites is 1. The molecule has 114 valence electrons. The van der Waals surface area contributed by atoms with Gasteiger partial charge in [0.1, 0.15) is 0 Å². The first-order valence-electron chi connectivity index (χ1n) is 7.69. The van der Waals surface area contributed by atoms with Crippen molar-refractivity contribution in [3.05, 3.63) is 29.6 Å². The Hall–Kier alpha value is -1.09. The van der Waals surface area contributed by atoms with Crippen molar-refractivity contribution in [3.8, 4) is 5.75 Å². The summed E-state index contributed by atoms with van der Waals surface area (Å²) < 4.78 is 19.7. The summed E-state index contributed by atoms with van der Waals surface area (Å²) in [5, 5.41) is 3.34. The van der Waals surface area contributed by atoms with E-state index in [4.69, 9.17) is 4.74 Å². The van der Waals surface area contributed by atoms with Gasteiger partial charge in [-0.2, -0.15) is 0 Å². The molecular formula is C17H28FNO. The number of hydrogen-bond donors (Lipinski definition) is 1. The van der Waals surface area contributed by atoms with Gasteiger partial charge in [0.25, 0.3) is 0 Å². The average Bonchev–Trinajstić information content (AvgIpc) is 2.41. The van der Waals surface area contributed by atoms with E-state index in [0.29, 0.717) is 30.7 Å². The molecule has 2 nitrogen and oxygen atoms in total. The second-order valence-electron chi connectivity index (χ2n) is 5.75. The van der Waals surface area contributed by atoms with Crippen LogP contribution >= 0.6 is 0 Å². The van der Waals surface area contributed by atoms with Crippen LogP contribution in [-0.4, -0.2) is 13.2 Å².